The first-order valence-electron chi connectivity index (χ1n) is 17.2. The van der Waals surface area contributed by atoms with Crippen LogP contribution in [0.4, 0.5) is 0 Å². The number of ketones is 4. The molecule has 0 heterocycles. The molecule has 0 radical (unpaired) electrons. The highest BCUT2D eigenvalue weighted by Gasteiger charge is 2.44. The maximum atomic E-state index is 14.4. The number of carbonyl (C=O) groups is 4. The van der Waals surface area contributed by atoms with Gasteiger partial charge in [-0.3, -0.25) is 19.2 Å². The van der Waals surface area contributed by atoms with E-state index in [9.17, 15) is 44.7 Å². The quantitative estimate of drug-likeness (QED) is 0.162. The van der Waals surface area contributed by atoms with Crippen LogP contribution in [0.15, 0.2) is 30.3 Å². The van der Waals surface area contributed by atoms with Crippen LogP contribution in [0.3, 0.4) is 0 Å². The van der Waals surface area contributed by atoms with Gasteiger partial charge in [0, 0.05) is 34.2 Å². The molecule has 0 aromatic heterocycles. The molecule has 266 valence electrons. The van der Waals surface area contributed by atoms with Gasteiger partial charge < -0.3 is 35.0 Å². The lowest BCUT2D eigenvalue weighted by Gasteiger charge is -2.32. The zero-order valence-electron chi connectivity index (χ0n) is 28.9. The van der Waals surface area contributed by atoms with E-state index in [-0.39, 0.29) is 91.0 Å². The van der Waals surface area contributed by atoms with E-state index in [1.165, 1.54) is 32.4 Å². The van der Waals surface area contributed by atoms with Gasteiger partial charge in [0.2, 0.25) is 5.78 Å². The minimum atomic E-state index is -1.08. The third-order valence-corrected chi connectivity index (χ3v) is 11.2. The maximum absolute atomic E-state index is 14.4. The van der Waals surface area contributed by atoms with E-state index in [1.807, 2.05) is 13.8 Å². The first-order chi connectivity index (χ1) is 24.8. The number of rotatable bonds is 4. The van der Waals surface area contributed by atoms with Gasteiger partial charge >= 0.3 is 0 Å². The summed E-state index contributed by atoms with van der Waals surface area (Å²) in [7, 11) is 2.59. The van der Waals surface area contributed by atoms with Crippen molar-refractivity contribution in [3.05, 3.63) is 108 Å². The Balaban J connectivity index is 1.28. The normalized spacial score (nSPS) is 21.4. The van der Waals surface area contributed by atoms with Crippen LogP contribution in [-0.4, -0.2) is 62.9 Å². The van der Waals surface area contributed by atoms with Crippen LogP contribution in [-0.2, 0) is 19.3 Å². The SMILES string of the molecule is COc1cc(Cc2cc(OC)c3c(c2O)C(=O)c2c(c(O)cc4c2[C@@H](O)C[C@@H](C)C4)C3=O)c(O)c2c1C(=O)c1ccc3c(c1C2=O)[C@@H](O)C[C@@H](C)C3. The predicted octanol–water partition coefficient (Wildman–Crippen LogP) is 5.19. The molecule has 52 heavy (non-hydrogen) atoms. The standard InChI is InChI=1S/C41H36O11/c1-15-7-17-5-6-21-29(27(17)22(42)9-15)39(48)34-31(38(21)47)25(51-3)13-19(36(34)45)11-20-14-26(52-4)32-35(37(20)46)41(50)33-28-18(8-16(2)10-23(28)43)12-24(44)30(33)40(32)49/h5-6,12-16,22-23,42-46H,7-11H2,1-4H3/t15-,16-,22-,23-/m0/s1. The van der Waals surface area contributed by atoms with Crippen molar-refractivity contribution in [3.63, 3.8) is 0 Å². The Morgan fingerprint density at radius 2 is 1.08 bits per heavy atom. The van der Waals surface area contributed by atoms with Crippen LogP contribution in [0.2, 0.25) is 0 Å². The maximum Gasteiger partial charge on any atom is 0.202 e. The molecule has 4 atom stereocenters. The van der Waals surface area contributed by atoms with E-state index in [2.05, 4.69) is 0 Å². The van der Waals surface area contributed by atoms with Crippen molar-refractivity contribution in [3.8, 4) is 28.7 Å². The second-order valence-corrected chi connectivity index (χ2v) is 14.6. The van der Waals surface area contributed by atoms with E-state index in [1.54, 1.807) is 12.1 Å². The van der Waals surface area contributed by atoms with Crippen LogP contribution in [0, 0.1) is 11.8 Å². The molecule has 4 aliphatic carbocycles. The summed E-state index contributed by atoms with van der Waals surface area (Å²) in [5.41, 5.74) is 0.577. The highest BCUT2D eigenvalue weighted by molar-refractivity contribution is 6.32. The number of carbonyl (C=O) groups excluding carboxylic acids is 4. The number of ether oxygens (including phenoxy) is 2. The highest BCUT2D eigenvalue weighted by atomic mass is 16.5. The topological polar surface area (TPSA) is 188 Å². The first-order valence-corrected chi connectivity index (χ1v) is 17.2. The summed E-state index contributed by atoms with van der Waals surface area (Å²) in [6.07, 6.45) is -0.573. The van der Waals surface area contributed by atoms with Gasteiger partial charge in [0.25, 0.3) is 0 Å². The second-order valence-electron chi connectivity index (χ2n) is 14.6. The lowest BCUT2D eigenvalue weighted by Crippen LogP contribution is -2.28. The summed E-state index contributed by atoms with van der Waals surface area (Å²) in [5, 5.41) is 56.7. The number of hydrogen-bond acceptors (Lipinski definition) is 11. The molecule has 0 unspecified atom stereocenters. The number of hydrogen-bond donors (Lipinski definition) is 5. The van der Waals surface area contributed by atoms with Gasteiger partial charge in [0.05, 0.1) is 54.2 Å². The smallest absolute Gasteiger partial charge is 0.202 e. The van der Waals surface area contributed by atoms with Crippen molar-refractivity contribution < 1.29 is 54.2 Å². The molecule has 0 saturated heterocycles. The number of phenols is 3. The van der Waals surface area contributed by atoms with Gasteiger partial charge in [-0.15, -0.1) is 0 Å². The molecule has 8 rings (SSSR count). The van der Waals surface area contributed by atoms with Crippen molar-refractivity contribution in [2.45, 2.75) is 58.2 Å². The number of aliphatic hydroxyl groups is 2. The Morgan fingerprint density at radius 3 is 1.63 bits per heavy atom. The molecule has 0 aliphatic heterocycles. The van der Waals surface area contributed by atoms with Gasteiger partial charge in [-0.1, -0.05) is 19.9 Å². The van der Waals surface area contributed by atoms with Crippen molar-refractivity contribution in [1.82, 2.24) is 0 Å². The Kier molecular flexibility index (Phi) is 7.60. The molecule has 11 heteroatoms. The second kappa shape index (κ2) is 11.8. The summed E-state index contributed by atoms with van der Waals surface area (Å²) in [4.78, 5) is 56.6. The third-order valence-electron chi connectivity index (χ3n) is 11.2. The minimum Gasteiger partial charge on any atom is -0.507 e. The molecule has 4 aromatic carbocycles. The Hall–Kier alpha value is -5.52. The Labute approximate surface area is 298 Å². The predicted molar refractivity (Wildman–Crippen MR) is 185 cm³/mol. The monoisotopic (exact) mass is 704 g/mol. The number of benzene rings is 4. The summed E-state index contributed by atoms with van der Waals surface area (Å²) in [5.74, 6) is -4.20. The van der Waals surface area contributed by atoms with Crippen LogP contribution in [0.1, 0.15) is 136 Å². The largest absolute Gasteiger partial charge is 0.507 e. The van der Waals surface area contributed by atoms with Crippen LogP contribution in [0.25, 0.3) is 0 Å². The van der Waals surface area contributed by atoms with Gasteiger partial charge in [0.15, 0.2) is 17.3 Å². The Morgan fingerprint density at radius 1 is 0.596 bits per heavy atom. The lowest BCUT2D eigenvalue weighted by atomic mass is 9.73. The molecule has 4 aliphatic rings. The van der Waals surface area contributed by atoms with E-state index in [0.717, 1.165) is 5.56 Å². The first kappa shape index (κ1) is 33.6. The van der Waals surface area contributed by atoms with E-state index in [4.69, 9.17) is 9.47 Å². The fourth-order valence-corrected chi connectivity index (χ4v) is 8.93. The van der Waals surface area contributed by atoms with E-state index < -0.39 is 52.6 Å². The number of phenolic OH excluding ortho intramolecular Hbond substituents is 3. The third kappa shape index (κ3) is 4.58. The summed E-state index contributed by atoms with van der Waals surface area (Å²) >= 11 is 0. The van der Waals surface area contributed by atoms with Crippen LogP contribution < -0.4 is 9.47 Å². The van der Waals surface area contributed by atoms with Crippen molar-refractivity contribution >= 4 is 23.1 Å². The van der Waals surface area contributed by atoms with Gasteiger partial charge in [0.1, 0.15) is 28.7 Å². The van der Waals surface area contributed by atoms with E-state index in [0.29, 0.717) is 36.8 Å². The molecule has 11 nitrogen and oxygen atoms in total. The van der Waals surface area contributed by atoms with Gasteiger partial charge in [-0.05, 0) is 84.0 Å². The number of methoxy groups -OCH3 is 2. The minimum absolute atomic E-state index is 0.00592. The average Bonchev–Trinajstić information content (AvgIpc) is 3.09. The highest BCUT2D eigenvalue weighted by Crippen LogP contribution is 2.50. The zero-order valence-corrected chi connectivity index (χ0v) is 28.9. The molecule has 0 bridgehead atoms. The van der Waals surface area contributed by atoms with Gasteiger partial charge in [-0.2, -0.15) is 0 Å². The van der Waals surface area contributed by atoms with Crippen molar-refractivity contribution in [2.24, 2.45) is 11.8 Å². The molecular weight excluding hydrogens is 668 g/mol. The molecule has 0 fully saturated rings. The van der Waals surface area contributed by atoms with Crippen molar-refractivity contribution in [2.75, 3.05) is 14.2 Å². The van der Waals surface area contributed by atoms with Crippen molar-refractivity contribution in [1.29, 1.82) is 0 Å². The molecule has 0 spiro atoms. The molecular formula is C41H36O11. The molecule has 0 saturated carbocycles. The molecule has 0 amide bonds. The summed E-state index contributed by atoms with van der Waals surface area (Å²) < 4.78 is 11.1. The van der Waals surface area contributed by atoms with Gasteiger partial charge in [-0.25, -0.2) is 0 Å². The lowest BCUT2D eigenvalue weighted by molar-refractivity contribution is 0.0958. The fraction of sp³-hybridized carbons (Fsp3) is 0.317. The van der Waals surface area contributed by atoms with Crippen LogP contribution >= 0.6 is 0 Å². The summed E-state index contributed by atoms with van der Waals surface area (Å²) in [6.45, 7) is 3.92. The fourth-order valence-electron chi connectivity index (χ4n) is 8.93. The van der Waals surface area contributed by atoms with Crippen LogP contribution in [0.5, 0.6) is 28.7 Å². The molecule has 4 aromatic rings. The molecule has 5 N–H and O–H groups in total. The number of aliphatic hydroxyl groups excluding tert-OH is 2. The zero-order chi connectivity index (χ0) is 37.1. The average molecular weight is 705 g/mol. The number of fused-ring (bicyclic) bond motifs is 8. The number of aromatic hydroxyl groups is 3. The Bertz CT molecular complexity index is 2330. The summed E-state index contributed by atoms with van der Waals surface area (Å²) in [6, 6.07) is 7.42. The van der Waals surface area contributed by atoms with E-state index >= 15 is 0 Å².